The molecule has 114 valence electrons. The van der Waals surface area contributed by atoms with Crippen molar-refractivity contribution < 1.29 is 4.52 Å². The Morgan fingerprint density at radius 1 is 1.24 bits per heavy atom. The number of nitrogens with zero attached hydrogens (tertiary/aromatic N) is 4. The van der Waals surface area contributed by atoms with E-state index in [9.17, 15) is 0 Å². The average molecular weight is 329 g/mol. The van der Waals surface area contributed by atoms with Gasteiger partial charge in [-0.05, 0) is 7.05 Å². The van der Waals surface area contributed by atoms with Crippen molar-refractivity contribution in [3.8, 4) is 0 Å². The molecule has 0 aliphatic heterocycles. The number of halogens is 2. The molecule has 0 N–H and O–H groups in total. The third-order valence-corrected chi connectivity index (χ3v) is 3.73. The Balaban J connectivity index is 1.91. The van der Waals surface area contributed by atoms with Crippen molar-refractivity contribution in [3.05, 3.63) is 39.7 Å². The third-order valence-electron chi connectivity index (χ3n) is 3.08. The van der Waals surface area contributed by atoms with Gasteiger partial charge in [0.1, 0.15) is 0 Å². The van der Waals surface area contributed by atoms with E-state index in [1.807, 2.05) is 20.9 Å². The highest BCUT2D eigenvalue weighted by Gasteiger charge is 2.12. The molecule has 21 heavy (non-hydrogen) atoms. The second-order valence-electron chi connectivity index (χ2n) is 5.27. The van der Waals surface area contributed by atoms with Gasteiger partial charge < -0.3 is 9.42 Å². The second-order valence-corrected chi connectivity index (χ2v) is 6.09. The molecule has 0 unspecified atom stereocenters. The largest absolute Gasteiger partial charge is 0.339 e. The molecule has 2 aromatic heterocycles. The molecule has 2 aromatic rings. The van der Waals surface area contributed by atoms with Crippen LogP contribution in [0, 0.1) is 0 Å². The summed E-state index contributed by atoms with van der Waals surface area (Å²) in [5.41, 5.74) is 0.881. The highest BCUT2D eigenvalue weighted by Crippen LogP contribution is 2.24. The van der Waals surface area contributed by atoms with E-state index >= 15 is 0 Å². The Hall–Kier alpha value is -1.17. The first kappa shape index (κ1) is 16.2. The molecule has 0 saturated heterocycles. The number of pyridine rings is 1. The maximum Gasteiger partial charge on any atom is 0.229 e. The fourth-order valence-corrected chi connectivity index (χ4v) is 2.32. The molecule has 0 atom stereocenters. The molecule has 0 bridgehead atoms. The van der Waals surface area contributed by atoms with Crippen molar-refractivity contribution in [2.24, 2.45) is 0 Å². The molecule has 0 aromatic carbocycles. The summed E-state index contributed by atoms with van der Waals surface area (Å²) in [6.45, 7) is 5.48. The Morgan fingerprint density at radius 2 is 1.90 bits per heavy atom. The van der Waals surface area contributed by atoms with Crippen LogP contribution in [0.25, 0.3) is 0 Å². The number of rotatable bonds is 6. The zero-order valence-electron chi connectivity index (χ0n) is 12.3. The van der Waals surface area contributed by atoms with Crippen LogP contribution in [0.1, 0.15) is 37.0 Å². The number of hydrogen-bond acceptors (Lipinski definition) is 5. The van der Waals surface area contributed by atoms with Crippen molar-refractivity contribution in [3.63, 3.8) is 0 Å². The van der Waals surface area contributed by atoms with E-state index in [0.717, 1.165) is 17.9 Å². The first-order valence-electron chi connectivity index (χ1n) is 6.76. The lowest BCUT2D eigenvalue weighted by molar-refractivity contribution is 0.322. The smallest absolute Gasteiger partial charge is 0.229 e. The molecule has 2 rings (SSSR count). The third kappa shape index (κ3) is 4.40. The molecule has 0 aliphatic carbocycles. The first-order chi connectivity index (χ1) is 9.97. The Kier molecular flexibility index (Phi) is 5.56. The molecule has 5 nitrogen and oxygen atoms in total. The minimum atomic E-state index is 0.249. The zero-order valence-corrected chi connectivity index (χ0v) is 13.8. The second kappa shape index (κ2) is 7.20. The molecule has 0 fully saturated rings. The molecule has 2 heterocycles. The molecule has 0 amide bonds. The summed E-state index contributed by atoms with van der Waals surface area (Å²) in [5, 5.41) is 5.14. The lowest BCUT2D eigenvalue weighted by Crippen LogP contribution is -2.21. The van der Waals surface area contributed by atoms with E-state index in [0.29, 0.717) is 28.9 Å². The van der Waals surface area contributed by atoms with Crippen molar-refractivity contribution in [1.29, 1.82) is 0 Å². The standard InChI is InChI=1S/C14H18Cl2N4O/c1-9(2)14-18-13(19-21-14)4-5-20(3)8-10-11(15)6-17-7-12(10)16/h6-7,9H,4-5,8H2,1-3H3. The van der Waals surface area contributed by atoms with Gasteiger partial charge in [-0.1, -0.05) is 42.2 Å². The van der Waals surface area contributed by atoms with E-state index in [2.05, 4.69) is 20.0 Å². The van der Waals surface area contributed by atoms with Gasteiger partial charge >= 0.3 is 0 Å². The Bertz CT molecular complexity index is 580. The molecule has 0 spiro atoms. The normalized spacial score (nSPS) is 11.6. The van der Waals surface area contributed by atoms with Gasteiger partial charge in [-0.25, -0.2) is 0 Å². The van der Waals surface area contributed by atoms with Crippen LogP contribution in [0.15, 0.2) is 16.9 Å². The van der Waals surface area contributed by atoms with Gasteiger partial charge in [-0.2, -0.15) is 4.98 Å². The van der Waals surface area contributed by atoms with Gasteiger partial charge in [-0.3, -0.25) is 4.98 Å². The lowest BCUT2D eigenvalue weighted by atomic mass is 10.2. The van der Waals surface area contributed by atoms with Gasteiger partial charge in [0.15, 0.2) is 5.82 Å². The monoisotopic (exact) mass is 328 g/mol. The summed E-state index contributed by atoms with van der Waals surface area (Å²) in [6.07, 6.45) is 3.92. The van der Waals surface area contributed by atoms with E-state index in [1.54, 1.807) is 12.4 Å². The molecule has 0 radical (unpaired) electrons. The van der Waals surface area contributed by atoms with Crippen LogP contribution in [0.3, 0.4) is 0 Å². The van der Waals surface area contributed by atoms with Crippen molar-refractivity contribution >= 4 is 23.2 Å². The van der Waals surface area contributed by atoms with Gasteiger partial charge in [0.05, 0.1) is 10.0 Å². The number of likely N-dealkylation sites (N-methyl/N-ethyl adjacent to an activating group) is 1. The van der Waals surface area contributed by atoms with Gasteiger partial charge in [0.25, 0.3) is 0 Å². The summed E-state index contributed by atoms with van der Waals surface area (Å²) in [6, 6.07) is 0. The summed E-state index contributed by atoms with van der Waals surface area (Å²) in [4.78, 5) is 10.4. The van der Waals surface area contributed by atoms with Gasteiger partial charge in [0.2, 0.25) is 5.89 Å². The zero-order chi connectivity index (χ0) is 15.4. The van der Waals surface area contributed by atoms with Gasteiger partial charge in [0, 0.05) is 43.4 Å². The summed E-state index contributed by atoms with van der Waals surface area (Å²) in [5.74, 6) is 1.64. The predicted molar refractivity (Wildman–Crippen MR) is 82.7 cm³/mol. The van der Waals surface area contributed by atoms with Crippen molar-refractivity contribution in [1.82, 2.24) is 20.0 Å². The van der Waals surface area contributed by atoms with E-state index in [4.69, 9.17) is 27.7 Å². The maximum absolute atomic E-state index is 6.12. The predicted octanol–water partition coefficient (Wildman–Crippen LogP) is 3.57. The minimum Gasteiger partial charge on any atom is -0.339 e. The average Bonchev–Trinajstić information content (AvgIpc) is 2.90. The minimum absolute atomic E-state index is 0.249. The summed E-state index contributed by atoms with van der Waals surface area (Å²) >= 11 is 12.2. The number of hydrogen-bond donors (Lipinski definition) is 0. The maximum atomic E-state index is 6.12. The van der Waals surface area contributed by atoms with Crippen molar-refractivity contribution in [2.75, 3.05) is 13.6 Å². The van der Waals surface area contributed by atoms with Crippen LogP contribution in [-0.2, 0) is 13.0 Å². The molecule has 7 heteroatoms. The topological polar surface area (TPSA) is 55.1 Å². The van der Waals surface area contributed by atoms with E-state index < -0.39 is 0 Å². The Morgan fingerprint density at radius 3 is 2.48 bits per heavy atom. The Labute approximate surface area is 134 Å². The summed E-state index contributed by atoms with van der Waals surface area (Å²) in [7, 11) is 2.00. The first-order valence-corrected chi connectivity index (χ1v) is 7.52. The van der Waals surface area contributed by atoms with E-state index in [-0.39, 0.29) is 5.92 Å². The van der Waals surface area contributed by atoms with Crippen LogP contribution in [-0.4, -0.2) is 33.6 Å². The van der Waals surface area contributed by atoms with Crippen LogP contribution in [0.5, 0.6) is 0 Å². The summed E-state index contributed by atoms with van der Waals surface area (Å²) < 4.78 is 5.18. The lowest BCUT2D eigenvalue weighted by Gasteiger charge is -2.17. The number of aromatic nitrogens is 3. The molecule has 0 saturated carbocycles. The SMILES string of the molecule is CC(C)c1nc(CCN(C)Cc2c(Cl)cncc2Cl)no1. The van der Waals surface area contributed by atoms with Crippen molar-refractivity contribution in [2.45, 2.75) is 32.7 Å². The van der Waals surface area contributed by atoms with Crippen LogP contribution < -0.4 is 0 Å². The fraction of sp³-hybridized carbons (Fsp3) is 0.500. The van der Waals surface area contributed by atoms with Crippen LogP contribution in [0.2, 0.25) is 10.0 Å². The van der Waals surface area contributed by atoms with E-state index in [1.165, 1.54) is 0 Å². The van der Waals surface area contributed by atoms with Crippen LogP contribution >= 0.6 is 23.2 Å². The fourth-order valence-electron chi connectivity index (χ4n) is 1.83. The highest BCUT2D eigenvalue weighted by atomic mass is 35.5. The molecule has 0 aliphatic rings. The quantitative estimate of drug-likeness (QED) is 0.811. The van der Waals surface area contributed by atoms with Crippen LogP contribution in [0.4, 0.5) is 0 Å². The van der Waals surface area contributed by atoms with Gasteiger partial charge in [-0.15, -0.1) is 0 Å². The molecular weight excluding hydrogens is 311 g/mol. The molecular formula is C14H18Cl2N4O. The highest BCUT2D eigenvalue weighted by molar-refractivity contribution is 6.35.